The van der Waals surface area contributed by atoms with Gasteiger partial charge in [0, 0.05) is 30.3 Å². The highest BCUT2D eigenvalue weighted by Crippen LogP contribution is 2.19. The number of carbonyl (C=O) groups excluding carboxylic acids is 2. The van der Waals surface area contributed by atoms with Crippen LogP contribution in [0.15, 0.2) is 35.7 Å². The molecule has 6 nitrogen and oxygen atoms in total. The van der Waals surface area contributed by atoms with Gasteiger partial charge in [-0.2, -0.15) is 0 Å². The Morgan fingerprint density at radius 3 is 2.62 bits per heavy atom. The molecule has 7 heteroatoms. The molecular formula is C22H29N3O3S. The summed E-state index contributed by atoms with van der Waals surface area (Å²) in [6, 6.07) is 9.95. The summed E-state index contributed by atoms with van der Waals surface area (Å²) in [5.74, 6) is -0.379. The monoisotopic (exact) mass is 415 g/mol. The van der Waals surface area contributed by atoms with Gasteiger partial charge in [0.05, 0.1) is 19.2 Å². The molecule has 2 N–H and O–H groups in total. The largest absolute Gasteiger partial charge is 0.377 e. The normalized spacial score (nSPS) is 16.2. The van der Waals surface area contributed by atoms with Crippen LogP contribution in [0.25, 0.3) is 0 Å². The Balaban J connectivity index is 1.50. The highest BCUT2D eigenvalue weighted by Gasteiger charge is 2.21. The molecule has 2 aromatic rings. The first-order chi connectivity index (χ1) is 14.0. The molecule has 3 rings (SSSR count). The van der Waals surface area contributed by atoms with Gasteiger partial charge in [0.2, 0.25) is 11.8 Å². The third-order valence-electron chi connectivity index (χ3n) is 5.00. The van der Waals surface area contributed by atoms with Gasteiger partial charge in [-0.3, -0.25) is 14.5 Å². The summed E-state index contributed by atoms with van der Waals surface area (Å²) in [4.78, 5) is 28.1. The van der Waals surface area contributed by atoms with Crippen molar-refractivity contribution in [2.24, 2.45) is 0 Å². The summed E-state index contributed by atoms with van der Waals surface area (Å²) in [7, 11) is 0. The van der Waals surface area contributed by atoms with Crippen molar-refractivity contribution in [3.8, 4) is 0 Å². The number of hydrogen-bond donors (Lipinski definition) is 2. The minimum atomic E-state index is -0.223. The number of ether oxygens (including phenoxy) is 1. The molecular weight excluding hydrogens is 386 g/mol. The van der Waals surface area contributed by atoms with Crippen molar-refractivity contribution < 1.29 is 14.3 Å². The van der Waals surface area contributed by atoms with Crippen LogP contribution < -0.4 is 10.6 Å². The number of aryl methyl sites for hydroxylation is 2. The Hall–Kier alpha value is -2.22. The molecule has 1 saturated heterocycles. The van der Waals surface area contributed by atoms with E-state index in [1.54, 1.807) is 11.3 Å². The van der Waals surface area contributed by atoms with Gasteiger partial charge in [0.1, 0.15) is 0 Å². The fourth-order valence-corrected chi connectivity index (χ4v) is 4.26. The van der Waals surface area contributed by atoms with Crippen LogP contribution in [0.2, 0.25) is 0 Å². The molecule has 2 heterocycles. The zero-order chi connectivity index (χ0) is 20.6. The van der Waals surface area contributed by atoms with Crippen LogP contribution in [0.4, 0.5) is 5.69 Å². The first-order valence-electron chi connectivity index (χ1n) is 10.0. The maximum absolute atomic E-state index is 12.5. The third-order valence-corrected chi connectivity index (χ3v) is 5.87. The molecule has 0 saturated carbocycles. The van der Waals surface area contributed by atoms with Gasteiger partial charge >= 0.3 is 0 Å². The molecule has 2 amide bonds. The smallest absolute Gasteiger partial charge is 0.243 e. The molecule has 0 radical (unpaired) electrons. The lowest BCUT2D eigenvalue weighted by atomic mass is 10.1. The van der Waals surface area contributed by atoms with Crippen molar-refractivity contribution >= 4 is 28.8 Å². The fourth-order valence-electron chi connectivity index (χ4n) is 3.52. The van der Waals surface area contributed by atoms with Gasteiger partial charge < -0.3 is 15.4 Å². The number of nitrogens with one attached hydrogen (secondary N) is 2. The number of thiophene rings is 1. The molecule has 1 aliphatic heterocycles. The minimum Gasteiger partial charge on any atom is -0.377 e. The second kappa shape index (κ2) is 10.5. The van der Waals surface area contributed by atoms with Crippen molar-refractivity contribution in [1.82, 2.24) is 10.2 Å². The number of carbonyl (C=O) groups is 2. The number of rotatable bonds is 9. The van der Waals surface area contributed by atoms with Crippen LogP contribution in [0, 0.1) is 13.8 Å². The zero-order valence-corrected chi connectivity index (χ0v) is 17.9. The topological polar surface area (TPSA) is 70.7 Å². The number of nitrogens with zero attached hydrogens (tertiary/aromatic N) is 1. The number of anilines is 1. The molecule has 0 spiro atoms. The van der Waals surface area contributed by atoms with Gasteiger partial charge in [-0.15, -0.1) is 11.3 Å². The number of amides is 2. The van der Waals surface area contributed by atoms with Crippen LogP contribution in [0.1, 0.15) is 28.8 Å². The summed E-state index contributed by atoms with van der Waals surface area (Å²) < 4.78 is 5.74. The second-order valence-corrected chi connectivity index (χ2v) is 8.51. The van der Waals surface area contributed by atoms with Crippen LogP contribution in [0.3, 0.4) is 0 Å². The van der Waals surface area contributed by atoms with Gasteiger partial charge in [0.25, 0.3) is 0 Å². The highest BCUT2D eigenvalue weighted by atomic mass is 32.1. The van der Waals surface area contributed by atoms with E-state index in [0.29, 0.717) is 6.54 Å². The van der Waals surface area contributed by atoms with E-state index < -0.39 is 0 Å². The van der Waals surface area contributed by atoms with Crippen LogP contribution >= 0.6 is 11.3 Å². The van der Waals surface area contributed by atoms with E-state index in [0.717, 1.165) is 42.8 Å². The van der Waals surface area contributed by atoms with Gasteiger partial charge in [0.15, 0.2) is 0 Å². The second-order valence-electron chi connectivity index (χ2n) is 7.48. The van der Waals surface area contributed by atoms with Gasteiger partial charge in [-0.25, -0.2) is 0 Å². The van der Waals surface area contributed by atoms with E-state index in [2.05, 4.69) is 21.6 Å². The molecule has 156 valence electrons. The Morgan fingerprint density at radius 2 is 1.97 bits per heavy atom. The van der Waals surface area contributed by atoms with E-state index >= 15 is 0 Å². The average Bonchev–Trinajstić information content (AvgIpc) is 3.37. The van der Waals surface area contributed by atoms with Gasteiger partial charge in [-0.05, 0) is 49.3 Å². The van der Waals surface area contributed by atoms with Crippen molar-refractivity contribution in [2.45, 2.75) is 39.3 Å². The Labute approximate surface area is 176 Å². The third kappa shape index (κ3) is 6.66. The first-order valence-corrected chi connectivity index (χ1v) is 10.9. The van der Waals surface area contributed by atoms with Crippen LogP contribution in [0.5, 0.6) is 0 Å². The molecule has 1 aliphatic rings. The summed E-state index contributed by atoms with van der Waals surface area (Å²) in [6.45, 7) is 6.33. The fraction of sp³-hybridized carbons (Fsp3) is 0.455. The standard InChI is InChI=1S/C22H29N3O3S/c1-16-6-3-7-17(2)22(16)24-20(26)12-23-21(27)15-25(13-18-8-4-10-28-18)14-19-9-5-11-29-19/h3,5-7,9,11,18H,4,8,10,12-15H2,1-2H3,(H,23,27)(H,24,26)/t18-/m1/s1. The molecule has 0 unspecified atom stereocenters. The summed E-state index contributed by atoms with van der Waals surface area (Å²) >= 11 is 1.68. The van der Waals surface area contributed by atoms with E-state index in [-0.39, 0.29) is 31.0 Å². The molecule has 1 aromatic carbocycles. The summed E-state index contributed by atoms with van der Waals surface area (Å²) in [6.07, 6.45) is 2.28. The highest BCUT2D eigenvalue weighted by molar-refractivity contribution is 7.09. The Morgan fingerprint density at radius 1 is 1.17 bits per heavy atom. The van der Waals surface area contributed by atoms with E-state index in [1.807, 2.05) is 43.5 Å². The van der Waals surface area contributed by atoms with Crippen LogP contribution in [-0.2, 0) is 20.9 Å². The van der Waals surface area contributed by atoms with Crippen molar-refractivity contribution in [3.05, 3.63) is 51.7 Å². The predicted octanol–water partition coefficient (Wildman–Crippen LogP) is 3.10. The molecule has 1 aromatic heterocycles. The minimum absolute atomic E-state index is 0.0423. The summed E-state index contributed by atoms with van der Waals surface area (Å²) in [5, 5.41) is 7.68. The van der Waals surface area contributed by atoms with E-state index in [4.69, 9.17) is 4.74 Å². The predicted molar refractivity (Wildman–Crippen MR) is 116 cm³/mol. The zero-order valence-electron chi connectivity index (χ0n) is 17.1. The molecule has 0 bridgehead atoms. The number of para-hydroxylation sites is 1. The number of benzene rings is 1. The lowest BCUT2D eigenvalue weighted by molar-refractivity contribution is -0.125. The SMILES string of the molecule is Cc1cccc(C)c1NC(=O)CNC(=O)CN(Cc1cccs1)C[C@H]1CCCO1. The maximum atomic E-state index is 12.5. The lowest BCUT2D eigenvalue weighted by Crippen LogP contribution is -2.42. The van der Waals surface area contributed by atoms with Crippen LogP contribution in [-0.4, -0.2) is 49.1 Å². The van der Waals surface area contributed by atoms with Crippen molar-refractivity contribution in [2.75, 3.05) is 31.6 Å². The molecule has 1 fully saturated rings. The molecule has 1 atom stereocenters. The van der Waals surface area contributed by atoms with E-state index in [9.17, 15) is 9.59 Å². The number of hydrogen-bond acceptors (Lipinski definition) is 5. The summed E-state index contributed by atoms with van der Waals surface area (Å²) in [5.41, 5.74) is 2.82. The Kier molecular flexibility index (Phi) is 7.80. The Bertz CT molecular complexity index is 796. The average molecular weight is 416 g/mol. The van der Waals surface area contributed by atoms with Crippen molar-refractivity contribution in [3.63, 3.8) is 0 Å². The molecule has 0 aliphatic carbocycles. The van der Waals surface area contributed by atoms with E-state index in [1.165, 1.54) is 4.88 Å². The maximum Gasteiger partial charge on any atom is 0.243 e. The lowest BCUT2D eigenvalue weighted by Gasteiger charge is -2.24. The van der Waals surface area contributed by atoms with Crippen molar-refractivity contribution in [1.29, 1.82) is 0 Å². The molecule has 29 heavy (non-hydrogen) atoms. The first kappa shape index (κ1) is 21.5. The quantitative estimate of drug-likeness (QED) is 0.660. The van der Waals surface area contributed by atoms with Gasteiger partial charge in [-0.1, -0.05) is 24.3 Å².